The molecule has 3 aromatic carbocycles. The van der Waals surface area contributed by atoms with Crippen molar-refractivity contribution < 1.29 is 40.8 Å². The number of hydrogen-bond acceptors (Lipinski definition) is 12. The number of hydrogen-bond donors (Lipinski definition) is 0. The SMILES string of the molecule is COP(=O)(Cc1ccc(-c2nc(-c3ccc(CP(=O)(OC)OC)cc3)nc(-c3ccc(CP(=O)(OC)OC)cc3)n2)cc1)OC. The molecule has 45 heavy (non-hydrogen) atoms. The molecule has 0 saturated carbocycles. The molecule has 0 N–H and O–H groups in total. The van der Waals surface area contributed by atoms with Gasteiger partial charge in [0.15, 0.2) is 17.5 Å². The average Bonchev–Trinajstić information content (AvgIpc) is 3.08. The van der Waals surface area contributed by atoms with Crippen molar-refractivity contribution >= 4 is 22.8 Å². The molecule has 12 nitrogen and oxygen atoms in total. The lowest BCUT2D eigenvalue weighted by Gasteiger charge is -2.14. The predicted octanol–water partition coefficient (Wildman–Crippen LogP) is 7.83. The first kappa shape index (κ1) is 35.0. The lowest BCUT2D eigenvalue weighted by molar-refractivity contribution is 0.274. The Morgan fingerprint density at radius 3 is 0.778 bits per heavy atom. The summed E-state index contributed by atoms with van der Waals surface area (Å²) in [5, 5.41) is 0. The Hall–Kier alpha value is -2.88. The third-order valence-electron chi connectivity index (χ3n) is 7.07. The number of nitrogens with zero attached hydrogens (tertiary/aromatic N) is 3. The van der Waals surface area contributed by atoms with Crippen molar-refractivity contribution in [1.29, 1.82) is 0 Å². The topological polar surface area (TPSA) is 145 Å². The van der Waals surface area contributed by atoms with Gasteiger partial charge >= 0.3 is 22.8 Å². The fourth-order valence-corrected chi connectivity index (χ4v) is 7.52. The molecule has 4 aromatic rings. The normalized spacial score (nSPS) is 12.4. The van der Waals surface area contributed by atoms with Gasteiger partial charge in [0.25, 0.3) is 0 Å². The molecular formula is C30H36N3O9P3. The standard InChI is InChI=1S/C30H36N3O9P3/c1-37-43(34,38-2)19-22-7-13-25(14-8-22)28-31-29(26-15-9-23(10-16-26)20-44(35,39-3)40-4)33-30(32-28)27-17-11-24(12-18-27)21-45(36,41-5)42-6/h7-18H,19-21H2,1-6H3. The minimum atomic E-state index is -3.24. The molecule has 0 saturated heterocycles. The van der Waals surface area contributed by atoms with Gasteiger partial charge < -0.3 is 27.1 Å². The maximum atomic E-state index is 12.6. The molecule has 0 radical (unpaired) electrons. The van der Waals surface area contributed by atoms with Crippen LogP contribution in [0, 0.1) is 0 Å². The predicted molar refractivity (Wildman–Crippen MR) is 172 cm³/mol. The van der Waals surface area contributed by atoms with Gasteiger partial charge in [0, 0.05) is 59.3 Å². The van der Waals surface area contributed by atoms with Gasteiger partial charge in [0.2, 0.25) is 0 Å². The Balaban J connectivity index is 1.73. The maximum Gasteiger partial charge on any atom is 0.334 e. The molecule has 0 unspecified atom stereocenters. The quantitative estimate of drug-likeness (QED) is 0.113. The second-order valence-corrected chi connectivity index (χ2v) is 16.6. The van der Waals surface area contributed by atoms with Crippen molar-refractivity contribution in [3.8, 4) is 34.2 Å². The van der Waals surface area contributed by atoms with Crippen LogP contribution in [0.3, 0.4) is 0 Å². The van der Waals surface area contributed by atoms with Crippen LogP contribution in [-0.2, 0) is 59.3 Å². The smallest absolute Gasteiger partial charge is 0.312 e. The molecule has 0 spiro atoms. The second kappa shape index (κ2) is 15.1. The van der Waals surface area contributed by atoms with Gasteiger partial charge in [-0.25, -0.2) is 15.0 Å². The monoisotopic (exact) mass is 675 g/mol. The molecule has 0 bridgehead atoms. The molecule has 0 atom stereocenters. The van der Waals surface area contributed by atoms with Gasteiger partial charge in [0.1, 0.15) is 0 Å². The van der Waals surface area contributed by atoms with Crippen LogP contribution >= 0.6 is 22.8 Å². The molecule has 1 aromatic heterocycles. The molecule has 0 aliphatic rings. The molecule has 240 valence electrons. The summed E-state index contributed by atoms with van der Waals surface area (Å²) in [6.07, 6.45) is 0.348. The molecular weight excluding hydrogens is 639 g/mol. The van der Waals surface area contributed by atoms with E-state index in [9.17, 15) is 13.7 Å². The summed E-state index contributed by atoms with van der Waals surface area (Å²) >= 11 is 0. The van der Waals surface area contributed by atoms with Crippen LogP contribution in [0.5, 0.6) is 0 Å². The van der Waals surface area contributed by atoms with E-state index in [1.807, 2.05) is 72.8 Å². The zero-order valence-corrected chi connectivity index (χ0v) is 28.6. The van der Waals surface area contributed by atoms with Crippen LogP contribution < -0.4 is 0 Å². The number of benzene rings is 3. The highest BCUT2D eigenvalue weighted by Crippen LogP contribution is 2.51. The van der Waals surface area contributed by atoms with E-state index < -0.39 is 22.8 Å². The van der Waals surface area contributed by atoms with E-state index >= 15 is 0 Å². The van der Waals surface area contributed by atoms with Gasteiger partial charge in [0.05, 0.1) is 18.5 Å². The minimum Gasteiger partial charge on any atom is -0.312 e. The van der Waals surface area contributed by atoms with Crippen LogP contribution in [0.25, 0.3) is 34.2 Å². The largest absolute Gasteiger partial charge is 0.334 e. The van der Waals surface area contributed by atoms with Crippen LogP contribution in [0.1, 0.15) is 16.7 Å². The zero-order chi connectivity index (χ0) is 32.7. The lowest BCUT2D eigenvalue weighted by atomic mass is 10.1. The van der Waals surface area contributed by atoms with Gasteiger partial charge in [-0.15, -0.1) is 0 Å². The molecule has 0 fully saturated rings. The van der Waals surface area contributed by atoms with Gasteiger partial charge in [-0.2, -0.15) is 0 Å². The molecule has 0 amide bonds. The van der Waals surface area contributed by atoms with Gasteiger partial charge in [-0.3, -0.25) is 13.7 Å². The van der Waals surface area contributed by atoms with E-state index in [0.717, 1.165) is 16.7 Å². The summed E-state index contributed by atoms with van der Waals surface area (Å²) in [7, 11) is -1.59. The Labute approximate surface area is 263 Å². The molecule has 0 aliphatic carbocycles. The maximum absolute atomic E-state index is 12.6. The van der Waals surface area contributed by atoms with E-state index in [2.05, 4.69) is 0 Å². The summed E-state index contributed by atoms with van der Waals surface area (Å²) in [5.41, 5.74) is 4.43. The van der Waals surface area contributed by atoms with Crippen molar-refractivity contribution in [2.75, 3.05) is 42.7 Å². The number of rotatable bonds is 15. The van der Waals surface area contributed by atoms with Crippen molar-refractivity contribution in [1.82, 2.24) is 15.0 Å². The van der Waals surface area contributed by atoms with Crippen LogP contribution in [-0.4, -0.2) is 57.6 Å². The van der Waals surface area contributed by atoms with Crippen molar-refractivity contribution in [2.24, 2.45) is 0 Å². The number of aromatic nitrogens is 3. The fourth-order valence-electron chi connectivity index (χ4n) is 4.32. The third kappa shape index (κ3) is 8.89. The van der Waals surface area contributed by atoms with E-state index in [1.54, 1.807) is 0 Å². The highest BCUT2D eigenvalue weighted by atomic mass is 31.2. The average molecular weight is 676 g/mol. The van der Waals surface area contributed by atoms with E-state index in [0.29, 0.717) is 34.2 Å². The molecule has 1 heterocycles. The van der Waals surface area contributed by atoms with Crippen molar-refractivity contribution in [2.45, 2.75) is 18.5 Å². The summed E-state index contributed by atoms with van der Waals surface area (Å²) in [6.45, 7) is 0. The lowest BCUT2D eigenvalue weighted by Crippen LogP contribution is -2.01. The zero-order valence-electron chi connectivity index (χ0n) is 25.9. The first-order valence-corrected chi connectivity index (χ1v) is 18.8. The van der Waals surface area contributed by atoms with Crippen LogP contribution in [0.4, 0.5) is 0 Å². The van der Waals surface area contributed by atoms with Crippen molar-refractivity contribution in [3.63, 3.8) is 0 Å². The Morgan fingerprint density at radius 2 is 0.600 bits per heavy atom. The molecule has 4 rings (SSSR count). The van der Waals surface area contributed by atoms with Crippen LogP contribution in [0.15, 0.2) is 72.8 Å². The van der Waals surface area contributed by atoms with E-state index in [4.69, 9.17) is 42.1 Å². The Bertz CT molecular complexity index is 1500. The van der Waals surface area contributed by atoms with E-state index in [-0.39, 0.29) is 18.5 Å². The van der Waals surface area contributed by atoms with Crippen LogP contribution in [0.2, 0.25) is 0 Å². The first-order chi connectivity index (χ1) is 21.5. The first-order valence-electron chi connectivity index (χ1n) is 13.7. The van der Waals surface area contributed by atoms with Crippen molar-refractivity contribution in [3.05, 3.63) is 89.5 Å². The second-order valence-electron chi connectivity index (χ2n) is 9.80. The van der Waals surface area contributed by atoms with E-state index in [1.165, 1.54) is 42.7 Å². The molecule has 0 aliphatic heterocycles. The van der Waals surface area contributed by atoms with Gasteiger partial charge in [-0.1, -0.05) is 72.8 Å². The highest BCUT2D eigenvalue weighted by molar-refractivity contribution is 7.53. The molecule has 15 heteroatoms. The highest BCUT2D eigenvalue weighted by Gasteiger charge is 2.24. The van der Waals surface area contributed by atoms with Gasteiger partial charge in [-0.05, 0) is 16.7 Å². The minimum absolute atomic E-state index is 0.116. The summed E-state index contributed by atoms with van der Waals surface area (Å²) in [5.74, 6) is 1.26. The summed E-state index contributed by atoms with van der Waals surface area (Å²) in [4.78, 5) is 14.3. The summed E-state index contributed by atoms with van der Waals surface area (Å²) in [6, 6.07) is 21.9. The summed E-state index contributed by atoms with van der Waals surface area (Å²) < 4.78 is 68.3. The fraction of sp³-hybridized carbons (Fsp3) is 0.300. The third-order valence-corrected chi connectivity index (χ3v) is 12.7. The Kier molecular flexibility index (Phi) is 11.8. The Morgan fingerprint density at radius 1 is 0.400 bits per heavy atom.